The van der Waals surface area contributed by atoms with Gasteiger partial charge in [0.1, 0.15) is 12.0 Å². The number of carbonyl (C=O) groups excluding carboxylic acids is 1. The van der Waals surface area contributed by atoms with Crippen LogP contribution in [0, 0.1) is 0 Å². The summed E-state index contributed by atoms with van der Waals surface area (Å²) < 4.78 is 12.8. The van der Waals surface area contributed by atoms with Crippen molar-refractivity contribution in [2.75, 3.05) is 0 Å². The zero-order chi connectivity index (χ0) is 19.1. The van der Waals surface area contributed by atoms with Crippen LogP contribution in [0.4, 0.5) is 4.39 Å². The molecule has 0 radical (unpaired) electrons. The van der Waals surface area contributed by atoms with Crippen molar-refractivity contribution < 1.29 is 9.18 Å². The Balaban J connectivity index is 0.000000534. The van der Waals surface area contributed by atoms with E-state index in [9.17, 15) is 9.18 Å². The number of hydrogen-bond donors (Lipinski definition) is 2. The van der Waals surface area contributed by atoms with Crippen LogP contribution in [0.15, 0.2) is 53.9 Å². The highest BCUT2D eigenvalue weighted by atomic mass is 35.5. The van der Waals surface area contributed by atoms with E-state index in [0.29, 0.717) is 5.02 Å². The van der Waals surface area contributed by atoms with Crippen molar-refractivity contribution in [3.8, 4) is 5.69 Å². The number of amidine groups is 1. The predicted molar refractivity (Wildman–Crippen MR) is 101 cm³/mol. The molecule has 1 aliphatic carbocycles. The maximum atomic E-state index is 12.0. The molecule has 6 nitrogen and oxygen atoms in total. The van der Waals surface area contributed by atoms with Crippen LogP contribution in [0.5, 0.6) is 0 Å². The van der Waals surface area contributed by atoms with E-state index in [0.717, 1.165) is 24.1 Å². The van der Waals surface area contributed by atoms with Crippen molar-refractivity contribution in [3.05, 3.63) is 59.5 Å². The van der Waals surface area contributed by atoms with Crippen molar-refractivity contribution in [2.24, 2.45) is 16.5 Å². The van der Waals surface area contributed by atoms with E-state index >= 15 is 0 Å². The monoisotopic (exact) mass is 377 g/mol. The summed E-state index contributed by atoms with van der Waals surface area (Å²) >= 11 is 5.96. The number of aliphatic imine (C=N–C) groups is 1. The van der Waals surface area contributed by atoms with Gasteiger partial charge in [-0.1, -0.05) is 17.7 Å². The highest BCUT2D eigenvalue weighted by Crippen LogP contribution is 2.22. The van der Waals surface area contributed by atoms with E-state index < -0.39 is 12.1 Å². The topological polar surface area (TPSA) is 99.3 Å². The third-order valence-corrected chi connectivity index (χ3v) is 3.79. The predicted octanol–water partition coefficient (Wildman–Crippen LogP) is 3.10. The molecule has 0 spiro atoms. The zero-order valence-electron chi connectivity index (χ0n) is 14.3. The number of amides is 1. The van der Waals surface area contributed by atoms with E-state index in [1.165, 1.54) is 12.3 Å². The Morgan fingerprint density at radius 3 is 2.77 bits per heavy atom. The third-order valence-electron chi connectivity index (χ3n) is 3.56. The lowest BCUT2D eigenvalue weighted by molar-refractivity contribution is -0.118. The van der Waals surface area contributed by atoms with Gasteiger partial charge in [-0.05, 0) is 50.2 Å². The van der Waals surface area contributed by atoms with Gasteiger partial charge in [-0.3, -0.25) is 4.79 Å². The molecule has 1 aliphatic rings. The summed E-state index contributed by atoms with van der Waals surface area (Å²) in [5, 5.41) is 4.85. The minimum atomic E-state index is -0.461. The van der Waals surface area contributed by atoms with Crippen LogP contribution >= 0.6 is 11.6 Å². The average Bonchev–Trinajstić information content (AvgIpc) is 3.23. The smallest absolute Gasteiger partial charge is 0.254 e. The Morgan fingerprint density at radius 1 is 1.50 bits per heavy atom. The van der Waals surface area contributed by atoms with Gasteiger partial charge in [0.25, 0.3) is 5.91 Å². The molecular formula is C18H21ClFN5O. The summed E-state index contributed by atoms with van der Waals surface area (Å²) in [6.45, 7) is 1.74. The maximum absolute atomic E-state index is 12.0. The number of halogens is 2. The minimum absolute atomic E-state index is 0.0709. The first-order chi connectivity index (χ1) is 12.4. The van der Waals surface area contributed by atoms with E-state index in [4.69, 9.17) is 23.1 Å². The van der Waals surface area contributed by atoms with Crippen molar-refractivity contribution in [2.45, 2.75) is 31.9 Å². The summed E-state index contributed by atoms with van der Waals surface area (Å²) in [5.41, 5.74) is 12.3. The normalized spacial score (nSPS) is 15.4. The highest BCUT2D eigenvalue weighted by Gasteiger charge is 2.18. The fourth-order valence-corrected chi connectivity index (χ4v) is 2.07. The molecule has 8 heteroatoms. The van der Waals surface area contributed by atoms with Crippen LogP contribution in [-0.2, 0) is 4.79 Å². The first-order valence-electron chi connectivity index (χ1n) is 8.11. The van der Waals surface area contributed by atoms with Gasteiger partial charge in [0.05, 0.1) is 17.8 Å². The van der Waals surface area contributed by atoms with Crippen LogP contribution in [0.3, 0.4) is 0 Å². The van der Waals surface area contributed by atoms with Crippen molar-refractivity contribution >= 4 is 23.3 Å². The molecule has 4 N–H and O–H groups in total. The Bertz CT molecular complexity index is 813. The molecule has 0 saturated heterocycles. The van der Waals surface area contributed by atoms with Gasteiger partial charge < -0.3 is 11.5 Å². The first kappa shape index (κ1) is 19.7. The molecule has 1 unspecified atom stereocenters. The number of rotatable bonds is 4. The fraction of sp³-hybridized carbons (Fsp3) is 0.278. The Hall–Kier alpha value is -2.67. The lowest BCUT2D eigenvalue weighted by Crippen LogP contribution is -2.15. The van der Waals surface area contributed by atoms with Gasteiger partial charge in [-0.25, -0.2) is 9.07 Å². The zero-order valence-corrected chi connectivity index (χ0v) is 15.1. The SMILES string of the molecule is CC(C(=O)N=C(N)/C=C\N)c1cnn(-c2cccc(Cl)c2)c1.FC1CC1. The van der Waals surface area contributed by atoms with E-state index in [1.54, 1.807) is 36.1 Å². The molecule has 1 atom stereocenters. The van der Waals surface area contributed by atoms with Crippen molar-refractivity contribution in [1.29, 1.82) is 0 Å². The molecule has 138 valence electrons. The molecule has 1 heterocycles. The lowest BCUT2D eigenvalue weighted by atomic mass is 10.1. The molecule has 1 saturated carbocycles. The van der Waals surface area contributed by atoms with Crippen LogP contribution in [0.1, 0.15) is 31.2 Å². The van der Waals surface area contributed by atoms with Crippen molar-refractivity contribution in [3.63, 3.8) is 0 Å². The average molecular weight is 378 g/mol. The van der Waals surface area contributed by atoms with Crippen LogP contribution < -0.4 is 11.5 Å². The Kier molecular flexibility index (Phi) is 6.91. The third kappa shape index (κ3) is 6.00. The summed E-state index contributed by atoms with van der Waals surface area (Å²) in [6.07, 6.45) is 7.20. The van der Waals surface area contributed by atoms with Gasteiger partial charge >= 0.3 is 0 Å². The first-order valence-corrected chi connectivity index (χ1v) is 8.49. The molecule has 2 aromatic rings. The molecule has 1 fully saturated rings. The molecule has 0 aliphatic heterocycles. The quantitative estimate of drug-likeness (QED) is 0.631. The van der Waals surface area contributed by atoms with Gasteiger partial charge in [0.15, 0.2) is 0 Å². The molecule has 0 bridgehead atoms. The molecule has 1 aromatic carbocycles. The van der Waals surface area contributed by atoms with Gasteiger partial charge in [0.2, 0.25) is 0 Å². The van der Waals surface area contributed by atoms with Crippen LogP contribution in [0.2, 0.25) is 5.02 Å². The van der Waals surface area contributed by atoms with E-state index in [1.807, 2.05) is 12.1 Å². The van der Waals surface area contributed by atoms with Gasteiger partial charge in [0, 0.05) is 16.8 Å². The second-order valence-corrected chi connectivity index (χ2v) is 6.26. The van der Waals surface area contributed by atoms with Gasteiger partial charge in [-0.15, -0.1) is 0 Å². The number of nitrogens with zero attached hydrogens (tertiary/aromatic N) is 3. The standard InChI is InChI=1S/C15H16ClN5O.C3H5F/c1-10(15(22)20-14(18)5-6-17)11-8-19-21(9-11)13-4-2-3-12(16)7-13;4-3-1-2-3/h2-10H,17H2,1H3,(H2,18,20,22);3H,1-2H2/b6-5-;. The minimum Gasteiger partial charge on any atom is -0.404 e. The molecular weight excluding hydrogens is 357 g/mol. The second-order valence-electron chi connectivity index (χ2n) is 5.83. The largest absolute Gasteiger partial charge is 0.404 e. The number of hydrogen-bond acceptors (Lipinski definition) is 3. The van der Waals surface area contributed by atoms with Gasteiger partial charge in [-0.2, -0.15) is 10.1 Å². The summed E-state index contributed by atoms with van der Waals surface area (Å²) in [7, 11) is 0. The van der Waals surface area contributed by atoms with Crippen LogP contribution in [0.25, 0.3) is 5.69 Å². The maximum Gasteiger partial charge on any atom is 0.254 e. The highest BCUT2D eigenvalue weighted by molar-refractivity contribution is 6.30. The number of alkyl halides is 1. The molecule has 1 amide bonds. The van der Waals surface area contributed by atoms with Crippen LogP contribution in [-0.4, -0.2) is 27.7 Å². The molecule has 3 rings (SSSR count). The van der Waals surface area contributed by atoms with E-state index in [2.05, 4.69) is 10.1 Å². The number of nitrogens with two attached hydrogens (primary N) is 2. The Morgan fingerprint density at radius 2 is 2.19 bits per heavy atom. The Labute approximate surface area is 156 Å². The number of aromatic nitrogens is 2. The summed E-state index contributed by atoms with van der Waals surface area (Å²) in [5.74, 6) is -0.750. The fourth-order valence-electron chi connectivity index (χ4n) is 1.89. The summed E-state index contributed by atoms with van der Waals surface area (Å²) in [6, 6.07) is 7.27. The number of carbonyl (C=O) groups is 1. The number of benzene rings is 1. The van der Waals surface area contributed by atoms with Crippen molar-refractivity contribution in [1.82, 2.24) is 9.78 Å². The second kappa shape index (κ2) is 9.15. The lowest BCUT2D eigenvalue weighted by Gasteiger charge is -2.04. The summed E-state index contributed by atoms with van der Waals surface area (Å²) in [4.78, 5) is 15.8. The van der Waals surface area contributed by atoms with E-state index in [-0.39, 0.29) is 11.7 Å². The molecule has 26 heavy (non-hydrogen) atoms. The molecule has 1 aromatic heterocycles.